The predicted molar refractivity (Wildman–Crippen MR) is 83.5 cm³/mol. The second-order valence-corrected chi connectivity index (χ2v) is 5.73. The number of amides is 2. The third kappa shape index (κ3) is 3.42. The van der Waals surface area contributed by atoms with Crippen molar-refractivity contribution < 1.29 is 4.79 Å². The van der Waals surface area contributed by atoms with E-state index in [9.17, 15) is 4.79 Å². The summed E-state index contributed by atoms with van der Waals surface area (Å²) in [6.45, 7) is 1.62. The van der Waals surface area contributed by atoms with Gasteiger partial charge < -0.3 is 20.0 Å². The number of nitrogens with zero attached hydrogens (tertiary/aromatic N) is 3. The van der Waals surface area contributed by atoms with Gasteiger partial charge in [-0.1, -0.05) is 6.07 Å². The number of hydrogen-bond donors (Lipinski definition) is 1. The number of likely N-dealkylation sites (tertiary alicyclic amines) is 1. The minimum Gasteiger partial charge on any atom is -0.378 e. The molecule has 0 unspecified atom stereocenters. The van der Waals surface area contributed by atoms with Gasteiger partial charge in [0.1, 0.15) is 0 Å². The largest absolute Gasteiger partial charge is 0.378 e. The molecule has 1 fully saturated rings. The monoisotopic (exact) mass is 276 g/mol. The second-order valence-electron chi connectivity index (χ2n) is 5.73. The Hall–Kier alpha value is -1.75. The molecule has 5 heteroatoms. The van der Waals surface area contributed by atoms with Gasteiger partial charge in [-0.2, -0.15) is 0 Å². The maximum atomic E-state index is 12.2. The molecule has 1 saturated heterocycles. The number of rotatable bonds is 3. The number of nitrogens with one attached hydrogen (secondary N) is 1. The lowest BCUT2D eigenvalue weighted by atomic mass is 10.2. The summed E-state index contributed by atoms with van der Waals surface area (Å²) in [5.74, 6) is 0. The first-order valence-electron chi connectivity index (χ1n) is 6.97. The molecule has 1 aliphatic rings. The van der Waals surface area contributed by atoms with Gasteiger partial charge in [0.25, 0.3) is 0 Å². The molecule has 0 aromatic heterocycles. The molecule has 2 rings (SSSR count). The molecular formula is C15H24N4O. The van der Waals surface area contributed by atoms with E-state index in [0.29, 0.717) is 6.04 Å². The van der Waals surface area contributed by atoms with Crippen molar-refractivity contribution in [1.29, 1.82) is 0 Å². The lowest BCUT2D eigenvalue weighted by molar-refractivity contribution is 0.216. The highest BCUT2D eigenvalue weighted by molar-refractivity contribution is 5.90. The number of anilines is 2. The Morgan fingerprint density at radius 2 is 2.05 bits per heavy atom. The topological polar surface area (TPSA) is 38.8 Å². The highest BCUT2D eigenvalue weighted by Gasteiger charge is 2.27. The second kappa shape index (κ2) is 6.13. The van der Waals surface area contributed by atoms with Crippen LogP contribution in [0.25, 0.3) is 0 Å². The van der Waals surface area contributed by atoms with Crippen LogP contribution in [0.15, 0.2) is 24.3 Å². The highest BCUT2D eigenvalue weighted by atomic mass is 16.2. The Morgan fingerprint density at radius 1 is 1.30 bits per heavy atom. The molecular weight excluding hydrogens is 252 g/mol. The summed E-state index contributed by atoms with van der Waals surface area (Å²) in [4.78, 5) is 18.3. The van der Waals surface area contributed by atoms with Crippen LogP contribution in [0.1, 0.15) is 6.42 Å². The van der Waals surface area contributed by atoms with E-state index in [1.807, 2.05) is 48.2 Å². The average molecular weight is 276 g/mol. The maximum absolute atomic E-state index is 12.2. The molecule has 5 nitrogen and oxygen atoms in total. The lowest BCUT2D eigenvalue weighted by Crippen LogP contribution is -2.36. The van der Waals surface area contributed by atoms with Crippen LogP contribution >= 0.6 is 0 Å². The first-order chi connectivity index (χ1) is 9.47. The minimum absolute atomic E-state index is 0.00902. The van der Waals surface area contributed by atoms with Crippen molar-refractivity contribution in [2.75, 3.05) is 51.5 Å². The third-order valence-corrected chi connectivity index (χ3v) is 3.79. The van der Waals surface area contributed by atoms with Gasteiger partial charge >= 0.3 is 6.03 Å². The van der Waals surface area contributed by atoms with Crippen LogP contribution in [-0.2, 0) is 0 Å². The summed E-state index contributed by atoms with van der Waals surface area (Å²) >= 11 is 0. The van der Waals surface area contributed by atoms with E-state index >= 15 is 0 Å². The zero-order valence-corrected chi connectivity index (χ0v) is 12.8. The third-order valence-electron chi connectivity index (χ3n) is 3.79. The summed E-state index contributed by atoms with van der Waals surface area (Å²) in [6, 6.07) is 8.34. The van der Waals surface area contributed by atoms with E-state index in [1.54, 1.807) is 0 Å². The van der Waals surface area contributed by atoms with Crippen molar-refractivity contribution in [1.82, 2.24) is 9.80 Å². The first-order valence-corrected chi connectivity index (χ1v) is 6.97. The van der Waals surface area contributed by atoms with E-state index in [2.05, 4.69) is 24.3 Å². The van der Waals surface area contributed by atoms with E-state index in [4.69, 9.17) is 0 Å². The Morgan fingerprint density at radius 3 is 2.65 bits per heavy atom. The fourth-order valence-corrected chi connectivity index (χ4v) is 2.41. The molecule has 2 amide bonds. The van der Waals surface area contributed by atoms with E-state index in [1.165, 1.54) is 0 Å². The van der Waals surface area contributed by atoms with Crippen LogP contribution in [0.3, 0.4) is 0 Å². The van der Waals surface area contributed by atoms with Crippen LogP contribution in [0, 0.1) is 0 Å². The summed E-state index contributed by atoms with van der Waals surface area (Å²) in [5.41, 5.74) is 1.92. The SMILES string of the molecule is CN(C)c1cccc(NC(=O)N2CC[C@H](N(C)C)C2)c1. The summed E-state index contributed by atoms with van der Waals surface area (Å²) in [7, 11) is 8.10. The molecule has 110 valence electrons. The van der Waals surface area contributed by atoms with Gasteiger partial charge in [0.2, 0.25) is 0 Å². The number of likely N-dealkylation sites (N-methyl/N-ethyl adjacent to an activating group) is 1. The van der Waals surface area contributed by atoms with Gasteiger partial charge in [-0.25, -0.2) is 4.79 Å². The van der Waals surface area contributed by atoms with Gasteiger partial charge in [-0.3, -0.25) is 0 Å². The zero-order valence-electron chi connectivity index (χ0n) is 12.8. The van der Waals surface area contributed by atoms with Gasteiger partial charge in [0.05, 0.1) is 0 Å². The Balaban J connectivity index is 1.97. The van der Waals surface area contributed by atoms with Crippen molar-refractivity contribution in [3.8, 4) is 0 Å². The standard InChI is InChI=1S/C15H24N4O/c1-17(2)13-7-5-6-12(10-13)16-15(20)19-9-8-14(11-19)18(3)4/h5-7,10,14H,8-9,11H2,1-4H3,(H,16,20)/t14-/m0/s1. The van der Waals surface area contributed by atoms with Crippen LogP contribution in [0.4, 0.5) is 16.2 Å². The molecule has 1 aromatic rings. The molecule has 1 N–H and O–H groups in total. The van der Waals surface area contributed by atoms with Gasteiger partial charge in [-0.05, 0) is 38.7 Å². The first kappa shape index (κ1) is 14.7. The van der Waals surface area contributed by atoms with E-state index < -0.39 is 0 Å². The lowest BCUT2D eigenvalue weighted by Gasteiger charge is -2.21. The minimum atomic E-state index is -0.00902. The van der Waals surface area contributed by atoms with Crippen molar-refractivity contribution >= 4 is 17.4 Å². The number of carbonyl (C=O) groups is 1. The fourth-order valence-electron chi connectivity index (χ4n) is 2.41. The number of carbonyl (C=O) groups excluding carboxylic acids is 1. The fraction of sp³-hybridized carbons (Fsp3) is 0.533. The molecule has 1 atom stereocenters. The van der Waals surface area contributed by atoms with E-state index in [-0.39, 0.29) is 6.03 Å². The van der Waals surface area contributed by atoms with Crippen molar-refractivity contribution in [3.63, 3.8) is 0 Å². The van der Waals surface area contributed by atoms with Crippen LogP contribution in [0.5, 0.6) is 0 Å². The molecule has 0 spiro atoms. The normalized spacial score (nSPS) is 18.4. The van der Waals surface area contributed by atoms with Gasteiger partial charge in [0.15, 0.2) is 0 Å². The molecule has 0 radical (unpaired) electrons. The predicted octanol–water partition coefficient (Wildman–Crippen LogP) is 1.92. The summed E-state index contributed by atoms with van der Waals surface area (Å²) in [6.07, 6.45) is 1.04. The summed E-state index contributed by atoms with van der Waals surface area (Å²) < 4.78 is 0. The zero-order chi connectivity index (χ0) is 14.7. The molecule has 20 heavy (non-hydrogen) atoms. The van der Waals surface area contributed by atoms with Crippen molar-refractivity contribution in [3.05, 3.63) is 24.3 Å². The van der Waals surface area contributed by atoms with Crippen LogP contribution in [0.2, 0.25) is 0 Å². The Kier molecular flexibility index (Phi) is 4.49. The van der Waals surface area contributed by atoms with Crippen molar-refractivity contribution in [2.45, 2.75) is 12.5 Å². The van der Waals surface area contributed by atoms with Crippen molar-refractivity contribution in [2.24, 2.45) is 0 Å². The maximum Gasteiger partial charge on any atom is 0.321 e. The highest BCUT2D eigenvalue weighted by Crippen LogP contribution is 2.19. The number of benzene rings is 1. The Bertz CT molecular complexity index is 473. The van der Waals surface area contributed by atoms with Crippen LogP contribution in [-0.4, -0.2) is 63.2 Å². The molecule has 1 heterocycles. The molecule has 0 saturated carbocycles. The quantitative estimate of drug-likeness (QED) is 0.916. The van der Waals surface area contributed by atoms with E-state index in [0.717, 1.165) is 30.9 Å². The molecule has 1 aromatic carbocycles. The Labute approximate surface area is 121 Å². The average Bonchev–Trinajstić information content (AvgIpc) is 2.88. The van der Waals surface area contributed by atoms with Crippen LogP contribution < -0.4 is 10.2 Å². The molecule has 0 bridgehead atoms. The molecule has 0 aliphatic carbocycles. The number of hydrogen-bond acceptors (Lipinski definition) is 3. The van der Waals surface area contributed by atoms with Gasteiger partial charge in [0, 0.05) is 44.6 Å². The molecule has 1 aliphatic heterocycles. The summed E-state index contributed by atoms with van der Waals surface area (Å²) in [5, 5.41) is 2.98. The smallest absolute Gasteiger partial charge is 0.321 e. The number of urea groups is 1. The van der Waals surface area contributed by atoms with Gasteiger partial charge in [-0.15, -0.1) is 0 Å².